The molecule has 2 amide bonds. The van der Waals surface area contributed by atoms with Gasteiger partial charge in [0.2, 0.25) is 11.8 Å². The fraction of sp³-hybridized carbons (Fsp3) is 0.286. The third-order valence-electron chi connectivity index (χ3n) is 4.42. The van der Waals surface area contributed by atoms with Crippen LogP contribution in [0.1, 0.15) is 35.7 Å². The highest BCUT2D eigenvalue weighted by Crippen LogP contribution is 2.30. The first-order chi connectivity index (χ1) is 13.0. The maximum Gasteiger partial charge on any atom is 0.228 e. The highest BCUT2D eigenvalue weighted by Gasteiger charge is 2.29. The molecule has 0 bridgehead atoms. The number of hydrogen-bond acceptors (Lipinski definition) is 4. The van der Waals surface area contributed by atoms with Gasteiger partial charge in [0.15, 0.2) is 5.78 Å². The maximum absolute atomic E-state index is 12.4. The molecule has 1 aliphatic carbocycles. The maximum atomic E-state index is 12.4. The summed E-state index contributed by atoms with van der Waals surface area (Å²) in [7, 11) is 1.53. The highest BCUT2D eigenvalue weighted by atomic mass is 16.5. The number of ketones is 1. The van der Waals surface area contributed by atoms with Gasteiger partial charge in [-0.1, -0.05) is 0 Å². The third-order valence-corrected chi connectivity index (χ3v) is 4.42. The fourth-order valence-corrected chi connectivity index (χ4v) is 2.74. The van der Waals surface area contributed by atoms with Gasteiger partial charge in [-0.2, -0.15) is 0 Å². The van der Waals surface area contributed by atoms with Crippen molar-refractivity contribution < 1.29 is 19.1 Å². The predicted molar refractivity (Wildman–Crippen MR) is 103 cm³/mol. The van der Waals surface area contributed by atoms with E-state index in [9.17, 15) is 14.4 Å². The van der Waals surface area contributed by atoms with Gasteiger partial charge in [0.05, 0.1) is 13.5 Å². The van der Waals surface area contributed by atoms with E-state index >= 15 is 0 Å². The van der Waals surface area contributed by atoms with Crippen molar-refractivity contribution in [2.45, 2.75) is 26.2 Å². The first-order valence-corrected chi connectivity index (χ1v) is 8.85. The highest BCUT2D eigenvalue weighted by molar-refractivity contribution is 5.97. The van der Waals surface area contributed by atoms with Crippen LogP contribution in [0, 0.1) is 5.92 Å². The number of ether oxygens (including phenoxy) is 1. The Kier molecular flexibility index (Phi) is 5.54. The molecular weight excluding hydrogens is 344 g/mol. The van der Waals surface area contributed by atoms with Gasteiger partial charge in [0.25, 0.3) is 0 Å². The Labute approximate surface area is 157 Å². The van der Waals surface area contributed by atoms with E-state index in [1.807, 2.05) is 0 Å². The Hall–Kier alpha value is -3.15. The van der Waals surface area contributed by atoms with E-state index in [2.05, 4.69) is 10.6 Å². The van der Waals surface area contributed by atoms with E-state index in [-0.39, 0.29) is 29.9 Å². The first kappa shape index (κ1) is 18.6. The molecule has 3 rings (SSSR count). The molecule has 0 aliphatic heterocycles. The summed E-state index contributed by atoms with van der Waals surface area (Å²) in [5.74, 6) is 0.467. The van der Waals surface area contributed by atoms with Gasteiger partial charge >= 0.3 is 0 Å². The number of carbonyl (C=O) groups excluding carboxylic acids is 3. The lowest BCUT2D eigenvalue weighted by molar-refractivity contribution is -0.117. The van der Waals surface area contributed by atoms with Crippen LogP contribution in [0.3, 0.4) is 0 Å². The van der Waals surface area contributed by atoms with Crippen LogP contribution in [0.5, 0.6) is 5.75 Å². The Bertz CT molecular complexity index is 870. The third kappa shape index (κ3) is 4.94. The van der Waals surface area contributed by atoms with Gasteiger partial charge in [0, 0.05) is 28.4 Å². The Morgan fingerprint density at radius 1 is 1.00 bits per heavy atom. The van der Waals surface area contributed by atoms with Gasteiger partial charge in [-0.15, -0.1) is 0 Å². The topological polar surface area (TPSA) is 84.5 Å². The summed E-state index contributed by atoms with van der Waals surface area (Å²) in [6.07, 6.45) is 1.99. The van der Waals surface area contributed by atoms with Crippen LogP contribution < -0.4 is 15.4 Å². The van der Waals surface area contributed by atoms with Crippen molar-refractivity contribution in [2.24, 2.45) is 5.92 Å². The van der Waals surface area contributed by atoms with Crippen molar-refractivity contribution >= 4 is 29.0 Å². The summed E-state index contributed by atoms with van der Waals surface area (Å²) in [6, 6.07) is 12.0. The van der Waals surface area contributed by atoms with Gasteiger partial charge in [-0.25, -0.2) is 0 Å². The van der Waals surface area contributed by atoms with Gasteiger partial charge in [0.1, 0.15) is 5.75 Å². The van der Waals surface area contributed by atoms with Crippen molar-refractivity contribution in [2.75, 3.05) is 17.7 Å². The first-order valence-electron chi connectivity index (χ1n) is 8.85. The molecule has 0 heterocycles. The molecule has 0 aromatic heterocycles. The van der Waals surface area contributed by atoms with Gasteiger partial charge in [-0.3, -0.25) is 14.4 Å². The number of nitrogens with one attached hydrogen (secondary N) is 2. The largest absolute Gasteiger partial charge is 0.496 e. The lowest BCUT2D eigenvalue weighted by Crippen LogP contribution is -2.16. The smallest absolute Gasteiger partial charge is 0.228 e. The minimum absolute atomic E-state index is 0.0456. The van der Waals surface area contributed by atoms with Crippen LogP contribution >= 0.6 is 0 Å². The van der Waals surface area contributed by atoms with E-state index in [0.717, 1.165) is 12.8 Å². The minimum Gasteiger partial charge on any atom is -0.496 e. The molecule has 6 heteroatoms. The minimum atomic E-state index is -0.219. The van der Waals surface area contributed by atoms with E-state index in [4.69, 9.17) is 4.74 Å². The molecule has 2 N–H and O–H groups in total. The molecule has 27 heavy (non-hydrogen) atoms. The Morgan fingerprint density at radius 3 is 2.19 bits per heavy atom. The Balaban J connectivity index is 1.62. The number of benzene rings is 2. The monoisotopic (exact) mass is 366 g/mol. The second kappa shape index (κ2) is 8.03. The summed E-state index contributed by atoms with van der Waals surface area (Å²) < 4.78 is 5.28. The van der Waals surface area contributed by atoms with Crippen molar-refractivity contribution in [3.8, 4) is 5.75 Å². The molecule has 0 spiro atoms. The van der Waals surface area contributed by atoms with Crippen molar-refractivity contribution in [1.82, 2.24) is 0 Å². The summed E-state index contributed by atoms with van der Waals surface area (Å²) in [5, 5.41) is 5.67. The molecule has 2 aromatic carbocycles. The molecule has 1 saturated carbocycles. The Morgan fingerprint density at radius 2 is 1.63 bits per heavy atom. The molecule has 0 atom stereocenters. The predicted octanol–water partition coefficient (Wildman–Crippen LogP) is 3.43. The summed E-state index contributed by atoms with van der Waals surface area (Å²) in [4.78, 5) is 35.7. The molecular formula is C21H22N2O4. The van der Waals surface area contributed by atoms with Crippen molar-refractivity contribution in [3.63, 3.8) is 0 Å². The number of anilines is 2. The van der Waals surface area contributed by atoms with Crippen LogP contribution in [0.15, 0.2) is 42.5 Å². The number of methoxy groups -OCH3 is 1. The zero-order valence-electron chi connectivity index (χ0n) is 15.4. The number of Topliss-reactive ketones (excluding diaryl/α,β-unsaturated/α-hetero) is 1. The van der Waals surface area contributed by atoms with Crippen LogP contribution in [0.25, 0.3) is 0 Å². The molecule has 6 nitrogen and oxygen atoms in total. The zero-order chi connectivity index (χ0) is 19.4. The lowest BCUT2D eigenvalue weighted by atomic mass is 10.0. The average Bonchev–Trinajstić information content (AvgIpc) is 3.48. The summed E-state index contributed by atoms with van der Waals surface area (Å²) in [5.41, 5.74) is 2.53. The number of rotatable bonds is 7. The van der Waals surface area contributed by atoms with Crippen LogP contribution in [-0.2, 0) is 16.0 Å². The van der Waals surface area contributed by atoms with E-state index in [1.165, 1.54) is 14.0 Å². The molecule has 0 radical (unpaired) electrons. The molecule has 140 valence electrons. The standard InChI is InChI=1S/C21H22N2O4/c1-13(24)15-5-10-19(27-2)16(11-15)12-20(25)22-17-6-8-18(9-7-17)23-21(26)14-3-4-14/h5-11,14H,3-4,12H2,1-2H3,(H,22,25)(H,23,26). The molecule has 2 aromatic rings. The fourth-order valence-electron chi connectivity index (χ4n) is 2.74. The second-order valence-electron chi connectivity index (χ2n) is 6.65. The van der Waals surface area contributed by atoms with Gasteiger partial charge in [-0.05, 0) is 62.2 Å². The van der Waals surface area contributed by atoms with Crippen LogP contribution in [0.2, 0.25) is 0 Å². The van der Waals surface area contributed by atoms with Crippen molar-refractivity contribution in [3.05, 3.63) is 53.6 Å². The molecule has 0 saturated heterocycles. The van der Waals surface area contributed by atoms with Gasteiger partial charge < -0.3 is 15.4 Å². The van der Waals surface area contributed by atoms with E-state index in [0.29, 0.717) is 28.3 Å². The lowest BCUT2D eigenvalue weighted by Gasteiger charge is -2.11. The zero-order valence-corrected chi connectivity index (χ0v) is 15.4. The van der Waals surface area contributed by atoms with E-state index < -0.39 is 0 Å². The quantitative estimate of drug-likeness (QED) is 0.735. The summed E-state index contributed by atoms with van der Waals surface area (Å²) >= 11 is 0. The van der Waals surface area contributed by atoms with Crippen LogP contribution in [-0.4, -0.2) is 24.7 Å². The number of hydrogen-bond donors (Lipinski definition) is 2. The molecule has 1 aliphatic rings. The number of amides is 2. The van der Waals surface area contributed by atoms with E-state index in [1.54, 1.807) is 42.5 Å². The SMILES string of the molecule is COc1ccc(C(C)=O)cc1CC(=O)Nc1ccc(NC(=O)C2CC2)cc1. The molecule has 0 unspecified atom stereocenters. The average molecular weight is 366 g/mol. The van der Waals surface area contributed by atoms with Crippen molar-refractivity contribution in [1.29, 1.82) is 0 Å². The normalized spacial score (nSPS) is 13.0. The summed E-state index contributed by atoms with van der Waals surface area (Å²) in [6.45, 7) is 1.48. The second-order valence-corrected chi connectivity index (χ2v) is 6.65. The molecule has 1 fully saturated rings. The number of carbonyl (C=O) groups is 3. The van der Waals surface area contributed by atoms with Crippen LogP contribution in [0.4, 0.5) is 11.4 Å².